The summed E-state index contributed by atoms with van der Waals surface area (Å²) >= 11 is 5.08. The van der Waals surface area contributed by atoms with Crippen LogP contribution in [0.25, 0.3) is 0 Å². The molecule has 0 bridgehead atoms. The maximum Gasteiger partial charge on any atom is 0.171 e. The summed E-state index contributed by atoms with van der Waals surface area (Å²) in [6.07, 6.45) is 0. The molecular weight excluding hydrogens is 334 g/mol. The Kier molecular flexibility index (Phi) is 6.31. The summed E-state index contributed by atoms with van der Waals surface area (Å²) in [6, 6.07) is 9.06. The van der Waals surface area contributed by atoms with Crippen LogP contribution in [-0.2, 0) is 6.54 Å². The lowest BCUT2D eigenvalue weighted by molar-refractivity contribution is 0.310. The van der Waals surface area contributed by atoms with Crippen LogP contribution in [0.5, 0.6) is 11.5 Å². The standard InChI is InChI=1S/C17H18F2N2O2S/c1-3-23-15-9-11(7-8-14(15)22-2)10-20-17(24)21-16-12(18)5-4-6-13(16)19/h4-9H,3,10H2,1-2H3,(H2,20,21,24). The third kappa shape index (κ3) is 4.55. The van der Waals surface area contributed by atoms with Crippen LogP contribution in [0.2, 0.25) is 0 Å². The van der Waals surface area contributed by atoms with Gasteiger partial charge in [-0.15, -0.1) is 0 Å². The number of hydrogen-bond donors (Lipinski definition) is 2. The lowest BCUT2D eigenvalue weighted by atomic mass is 10.2. The minimum atomic E-state index is -0.706. The van der Waals surface area contributed by atoms with E-state index in [1.165, 1.54) is 6.07 Å². The number of methoxy groups -OCH3 is 1. The smallest absolute Gasteiger partial charge is 0.171 e. The van der Waals surface area contributed by atoms with Crippen molar-refractivity contribution in [3.8, 4) is 11.5 Å². The molecular formula is C17H18F2N2O2S. The Morgan fingerprint density at radius 2 is 1.83 bits per heavy atom. The van der Waals surface area contributed by atoms with Crippen LogP contribution in [0.15, 0.2) is 36.4 Å². The van der Waals surface area contributed by atoms with Gasteiger partial charge in [-0.05, 0) is 49.0 Å². The molecule has 0 radical (unpaired) electrons. The second-order valence-electron chi connectivity index (χ2n) is 4.82. The summed E-state index contributed by atoms with van der Waals surface area (Å²) in [4.78, 5) is 0. The van der Waals surface area contributed by atoms with Crippen LogP contribution in [0, 0.1) is 11.6 Å². The lowest BCUT2D eigenvalue weighted by Crippen LogP contribution is -2.28. The van der Waals surface area contributed by atoms with Crippen molar-refractivity contribution >= 4 is 23.0 Å². The van der Waals surface area contributed by atoms with Crippen LogP contribution in [0.1, 0.15) is 12.5 Å². The zero-order chi connectivity index (χ0) is 17.5. The number of anilines is 1. The van der Waals surface area contributed by atoms with Gasteiger partial charge >= 0.3 is 0 Å². The Morgan fingerprint density at radius 1 is 1.12 bits per heavy atom. The first kappa shape index (κ1) is 17.9. The highest BCUT2D eigenvalue weighted by molar-refractivity contribution is 7.80. The van der Waals surface area contributed by atoms with Gasteiger partial charge < -0.3 is 20.1 Å². The van der Waals surface area contributed by atoms with Gasteiger partial charge in [-0.3, -0.25) is 0 Å². The number of halogens is 2. The molecule has 0 aliphatic rings. The summed E-state index contributed by atoms with van der Waals surface area (Å²) in [5, 5.41) is 5.54. The summed E-state index contributed by atoms with van der Waals surface area (Å²) in [7, 11) is 1.57. The van der Waals surface area contributed by atoms with Gasteiger partial charge in [0.2, 0.25) is 0 Å². The van der Waals surface area contributed by atoms with E-state index < -0.39 is 11.6 Å². The van der Waals surface area contributed by atoms with Gasteiger partial charge in [0.15, 0.2) is 16.6 Å². The van der Waals surface area contributed by atoms with Crippen molar-refractivity contribution in [2.75, 3.05) is 19.0 Å². The molecule has 2 rings (SSSR count). The van der Waals surface area contributed by atoms with E-state index in [1.807, 2.05) is 19.1 Å². The van der Waals surface area contributed by atoms with Gasteiger partial charge in [-0.25, -0.2) is 8.78 Å². The average Bonchev–Trinajstić information content (AvgIpc) is 2.57. The molecule has 0 fully saturated rings. The maximum atomic E-state index is 13.6. The zero-order valence-electron chi connectivity index (χ0n) is 13.4. The van der Waals surface area contributed by atoms with Crippen molar-refractivity contribution in [3.63, 3.8) is 0 Å². The molecule has 0 heterocycles. The monoisotopic (exact) mass is 352 g/mol. The van der Waals surface area contributed by atoms with E-state index in [-0.39, 0.29) is 10.8 Å². The maximum absolute atomic E-state index is 13.6. The zero-order valence-corrected chi connectivity index (χ0v) is 14.2. The number of thiocarbonyl (C=S) groups is 1. The quantitative estimate of drug-likeness (QED) is 0.773. The van der Waals surface area contributed by atoms with E-state index in [2.05, 4.69) is 10.6 Å². The summed E-state index contributed by atoms with van der Waals surface area (Å²) in [5.41, 5.74) is 0.608. The van der Waals surface area contributed by atoms with Crippen LogP contribution in [-0.4, -0.2) is 18.8 Å². The van der Waals surface area contributed by atoms with Crippen LogP contribution in [0.3, 0.4) is 0 Å². The molecule has 2 aromatic carbocycles. The first-order valence-electron chi connectivity index (χ1n) is 7.33. The molecule has 24 heavy (non-hydrogen) atoms. The van der Waals surface area contributed by atoms with E-state index in [0.29, 0.717) is 24.7 Å². The fraction of sp³-hybridized carbons (Fsp3) is 0.235. The predicted molar refractivity (Wildman–Crippen MR) is 93.6 cm³/mol. The largest absolute Gasteiger partial charge is 0.493 e. The molecule has 0 unspecified atom stereocenters. The highest BCUT2D eigenvalue weighted by Crippen LogP contribution is 2.28. The van der Waals surface area contributed by atoms with Crippen molar-refractivity contribution in [3.05, 3.63) is 53.6 Å². The van der Waals surface area contributed by atoms with Gasteiger partial charge in [0.1, 0.15) is 17.3 Å². The Labute approximate surface area is 144 Å². The fourth-order valence-corrected chi connectivity index (χ4v) is 2.23. The first-order chi connectivity index (χ1) is 11.5. The normalized spacial score (nSPS) is 10.2. The minimum Gasteiger partial charge on any atom is -0.493 e. The van der Waals surface area contributed by atoms with E-state index in [9.17, 15) is 8.78 Å². The molecule has 0 saturated carbocycles. The molecule has 0 amide bonds. The van der Waals surface area contributed by atoms with E-state index in [1.54, 1.807) is 13.2 Å². The molecule has 0 spiro atoms. The second kappa shape index (κ2) is 8.44. The molecule has 0 saturated heterocycles. The van der Waals surface area contributed by atoms with Crippen LogP contribution in [0.4, 0.5) is 14.5 Å². The third-order valence-corrected chi connectivity index (χ3v) is 3.43. The van der Waals surface area contributed by atoms with Crippen LogP contribution >= 0.6 is 12.2 Å². The SMILES string of the molecule is CCOc1cc(CNC(=S)Nc2c(F)cccc2F)ccc1OC. The van der Waals surface area contributed by atoms with Crippen molar-refractivity contribution < 1.29 is 18.3 Å². The molecule has 0 atom stereocenters. The molecule has 0 aromatic heterocycles. The van der Waals surface area contributed by atoms with Gasteiger partial charge in [0, 0.05) is 6.54 Å². The molecule has 0 aliphatic carbocycles. The van der Waals surface area contributed by atoms with Crippen LogP contribution < -0.4 is 20.1 Å². The summed E-state index contributed by atoms with van der Waals surface area (Å²) in [5.74, 6) is -0.155. The van der Waals surface area contributed by atoms with Crippen molar-refractivity contribution in [2.24, 2.45) is 0 Å². The molecule has 2 N–H and O–H groups in total. The fourth-order valence-electron chi connectivity index (χ4n) is 2.06. The van der Waals surface area contributed by atoms with E-state index >= 15 is 0 Å². The molecule has 7 heteroatoms. The van der Waals surface area contributed by atoms with Gasteiger partial charge in [0.25, 0.3) is 0 Å². The van der Waals surface area contributed by atoms with Gasteiger partial charge in [0.05, 0.1) is 13.7 Å². The Hall–Kier alpha value is -2.41. The van der Waals surface area contributed by atoms with Crippen molar-refractivity contribution in [1.82, 2.24) is 5.32 Å². The summed E-state index contributed by atoms with van der Waals surface area (Å²) in [6.45, 7) is 2.76. The highest BCUT2D eigenvalue weighted by Gasteiger charge is 2.10. The molecule has 2 aromatic rings. The van der Waals surface area contributed by atoms with E-state index in [4.69, 9.17) is 21.7 Å². The van der Waals surface area contributed by atoms with E-state index in [0.717, 1.165) is 17.7 Å². The minimum absolute atomic E-state index is 0.118. The van der Waals surface area contributed by atoms with Crippen molar-refractivity contribution in [1.29, 1.82) is 0 Å². The average molecular weight is 352 g/mol. The Balaban J connectivity index is 2.00. The van der Waals surface area contributed by atoms with Gasteiger partial charge in [-0.1, -0.05) is 12.1 Å². The second-order valence-corrected chi connectivity index (χ2v) is 5.23. The third-order valence-electron chi connectivity index (χ3n) is 3.18. The number of benzene rings is 2. The number of ether oxygens (including phenoxy) is 2. The molecule has 0 aliphatic heterocycles. The topological polar surface area (TPSA) is 42.5 Å². The number of hydrogen-bond acceptors (Lipinski definition) is 3. The number of rotatable bonds is 6. The molecule has 4 nitrogen and oxygen atoms in total. The van der Waals surface area contributed by atoms with Crippen molar-refractivity contribution in [2.45, 2.75) is 13.5 Å². The van der Waals surface area contributed by atoms with Gasteiger partial charge in [-0.2, -0.15) is 0 Å². The molecule has 128 valence electrons. The highest BCUT2D eigenvalue weighted by atomic mass is 32.1. The first-order valence-corrected chi connectivity index (χ1v) is 7.74. The summed E-state index contributed by atoms with van der Waals surface area (Å²) < 4.78 is 37.9. The lowest BCUT2D eigenvalue weighted by Gasteiger charge is -2.14. The predicted octanol–water partition coefficient (Wildman–Crippen LogP) is 3.86. The number of nitrogens with one attached hydrogen (secondary N) is 2. The Bertz CT molecular complexity index is 705. The number of para-hydroxylation sites is 1. The Morgan fingerprint density at radius 3 is 2.46 bits per heavy atom.